The predicted molar refractivity (Wildman–Crippen MR) is 78.8 cm³/mol. The largest absolute Gasteiger partial charge is 0.466 e. The van der Waals surface area contributed by atoms with E-state index < -0.39 is 23.8 Å². The summed E-state index contributed by atoms with van der Waals surface area (Å²) in [5.41, 5.74) is 0.293. The van der Waals surface area contributed by atoms with E-state index in [1.807, 2.05) is 0 Å². The van der Waals surface area contributed by atoms with E-state index in [-0.39, 0.29) is 19.2 Å². The molecule has 6 nitrogen and oxygen atoms in total. The molecule has 124 valence electrons. The molecule has 0 aliphatic heterocycles. The molecule has 1 rings (SSSR count). The van der Waals surface area contributed by atoms with Gasteiger partial charge in [0.2, 0.25) is 0 Å². The monoisotopic (exact) mass is 312 g/mol. The van der Waals surface area contributed by atoms with E-state index in [9.17, 15) is 14.4 Å². The third-order valence-corrected chi connectivity index (χ3v) is 3.57. The molecule has 0 aromatic carbocycles. The first-order valence-electron chi connectivity index (χ1n) is 7.63. The Morgan fingerprint density at radius 2 is 1.45 bits per heavy atom. The molecule has 0 aromatic rings. The minimum absolute atomic E-state index is 0.0196. The van der Waals surface area contributed by atoms with Gasteiger partial charge in [0.15, 0.2) is 0 Å². The lowest BCUT2D eigenvalue weighted by atomic mass is 9.79. The van der Waals surface area contributed by atoms with Gasteiger partial charge in [-0.25, -0.2) is 4.79 Å². The van der Waals surface area contributed by atoms with Crippen LogP contribution >= 0.6 is 0 Å². The molecular weight excluding hydrogens is 288 g/mol. The Balaban J connectivity index is 2.43. The number of carbonyl (C=O) groups excluding carboxylic acids is 3. The average molecular weight is 312 g/mol. The third kappa shape index (κ3) is 5.50. The molecule has 0 amide bonds. The lowest BCUT2D eigenvalue weighted by Crippen LogP contribution is -2.35. The van der Waals surface area contributed by atoms with E-state index in [0.29, 0.717) is 25.0 Å². The SMILES string of the molecule is C=C(C)C(=O)OCCOC(=O)C1CCCCC1C(=O)OCC. The quantitative estimate of drug-likeness (QED) is 0.310. The second kappa shape index (κ2) is 9.23. The van der Waals surface area contributed by atoms with Gasteiger partial charge in [0, 0.05) is 5.57 Å². The van der Waals surface area contributed by atoms with Gasteiger partial charge in [-0.2, -0.15) is 0 Å². The lowest BCUT2D eigenvalue weighted by molar-refractivity contribution is -0.164. The van der Waals surface area contributed by atoms with Crippen LogP contribution in [0.3, 0.4) is 0 Å². The zero-order chi connectivity index (χ0) is 16.5. The van der Waals surface area contributed by atoms with Crippen LogP contribution in [-0.2, 0) is 28.6 Å². The maximum absolute atomic E-state index is 12.1. The molecule has 1 saturated carbocycles. The number of rotatable bonds is 7. The van der Waals surface area contributed by atoms with Crippen LogP contribution in [0.15, 0.2) is 12.2 Å². The second-order valence-electron chi connectivity index (χ2n) is 5.33. The van der Waals surface area contributed by atoms with Crippen molar-refractivity contribution in [1.29, 1.82) is 0 Å². The van der Waals surface area contributed by atoms with E-state index >= 15 is 0 Å². The Hall–Kier alpha value is -1.85. The molecule has 0 spiro atoms. The maximum atomic E-state index is 12.1. The first kappa shape index (κ1) is 18.2. The topological polar surface area (TPSA) is 78.9 Å². The van der Waals surface area contributed by atoms with Crippen molar-refractivity contribution in [3.8, 4) is 0 Å². The molecule has 0 heterocycles. The Kier molecular flexibility index (Phi) is 7.63. The van der Waals surface area contributed by atoms with Crippen LogP contribution in [0.4, 0.5) is 0 Å². The predicted octanol–water partition coefficient (Wildman–Crippen LogP) is 2.02. The van der Waals surface area contributed by atoms with Crippen molar-refractivity contribution in [3.63, 3.8) is 0 Å². The van der Waals surface area contributed by atoms with Gasteiger partial charge in [0.1, 0.15) is 13.2 Å². The fourth-order valence-corrected chi connectivity index (χ4v) is 2.45. The van der Waals surface area contributed by atoms with E-state index in [1.165, 1.54) is 0 Å². The van der Waals surface area contributed by atoms with Crippen molar-refractivity contribution in [2.45, 2.75) is 39.5 Å². The molecular formula is C16H24O6. The highest BCUT2D eigenvalue weighted by Gasteiger charge is 2.37. The molecule has 1 fully saturated rings. The first-order chi connectivity index (χ1) is 10.5. The van der Waals surface area contributed by atoms with Gasteiger partial charge in [-0.3, -0.25) is 9.59 Å². The standard InChI is InChI=1S/C16H24O6/c1-4-20-15(18)12-7-5-6-8-13(12)16(19)22-10-9-21-14(17)11(2)3/h12-13H,2,4-10H2,1,3H3. The highest BCUT2D eigenvalue weighted by Crippen LogP contribution is 2.32. The van der Waals surface area contributed by atoms with Crippen molar-refractivity contribution in [2.75, 3.05) is 19.8 Å². The van der Waals surface area contributed by atoms with Crippen LogP contribution < -0.4 is 0 Å². The Bertz CT molecular complexity index is 428. The first-order valence-corrected chi connectivity index (χ1v) is 7.63. The number of hydrogen-bond donors (Lipinski definition) is 0. The zero-order valence-electron chi connectivity index (χ0n) is 13.3. The molecule has 0 aromatic heterocycles. The second-order valence-corrected chi connectivity index (χ2v) is 5.33. The minimum Gasteiger partial charge on any atom is -0.466 e. The van der Waals surface area contributed by atoms with Crippen LogP contribution in [-0.4, -0.2) is 37.7 Å². The summed E-state index contributed by atoms with van der Waals surface area (Å²) in [6.07, 6.45) is 3.06. The molecule has 1 aliphatic rings. The molecule has 2 atom stereocenters. The summed E-state index contributed by atoms with van der Waals surface area (Å²) in [6.45, 7) is 6.99. The number of hydrogen-bond acceptors (Lipinski definition) is 6. The molecule has 1 aliphatic carbocycles. The van der Waals surface area contributed by atoms with E-state index in [2.05, 4.69) is 6.58 Å². The van der Waals surface area contributed by atoms with Gasteiger partial charge in [-0.05, 0) is 26.7 Å². The summed E-state index contributed by atoms with van der Waals surface area (Å²) in [4.78, 5) is 35.2. The highest BCUT2D eigenvalue weighted by atomic mass is 16.6. The average Bonchev–Trinajstić information content (AvgIpc) is 2.51. The van der Waals surface area contributed by atoms with E-state index in [0.717, 1.165) is 12.8 Å². The molecule has 6 heteroatoms. The summed E-state index contributed by atoms with van der Waals surface area (Å²) in [6, 6.07) is 0. The molecule has 0 N–H and O–H groups in total. The lowest BCUT2D eigenvalue weighted by Gasteiger charge is -2.28. The normalized spacial score (nSPS) is 20.8. The summed E-state index contributed by atoms with van der Waals surface area (Å²) >= 11 is 0. The van der Waals surface area contributed by atoms with Gasteiger partial charge in [-0.15, -0.1) is 0 Å². The summed E-state index contributed by atoms with van der Waals surface area (Å²) in [5, 5.41) is 0. The fraction of sp³-hybridized carbons (Fsp3) is 0.688. The van der Waals surface area contributed by atoms with Crippen LogP contribution in [0.5, 0.6) is 0 Å². The molecule has 22 heavy (non-hydrogen) atoms. The van der Waals surface area contributed by atoms with Crippen LogP contribution in [0.1, 0.15) is 39.5 Å². The molecule has 2 unspecified atom stereocenters. The van der Waals surface area contributed by atoms with Crippen LogP contribution in [0, 0.1) is 11.8 Å². The van der Waals surface area contributed by atoms with Crippen LogP contribution in [0.2, 0.25) is 0 Å². The molecule has 0 saturated heterocycles. The van der Waals surface area contributed by atoms with Crippen molar-refractivity contribution in [2.24, 2.45) is 11.8 Å². The highest BCUT2D eigenvalue weighted by molar-refractivity contribution is 5.87. The Morgan fingerprint density at radius 3 is 1.95 bits per heavy atom. The van der Waals surface area contributed by atoms with Crippen molar-refractivity contribution < 1.29 is 28.6 Å². The van der Waals surface area contributed by atoms with Gasteiger partial charge < -0.3 is 14.2 Å². The minimum atomic E-state index is -0.516. The summed E-state index contributed by atoms with van der Waals surface area (Å²) in [7, 11) is 0. The molecule has 0 bridgehead atoms. The smallest absolute Gasteiger partial charge is 0.333 e. The van der Waals surface area contributed by atoms with Crippen molar-refractivity contribution in [3.05, 3.63) is 12.2 Å². The van der Waals surface area contributed by atoms with Crippen molar-refractivity contribution in [1.82, 2.24) is 0 Å². The number of carbonyl (C=O) groups is 3. The summed E-state index contributed by atoms with van der Waals surface area (Å²) < 4.78 is 15.0. The maximum Gasteiger partial charge on any atom is 0.333 e. The van der Waals surface area contributed by atoms with Gasteiger partial charge in [-0.1, -0.05) is 19.4 Å². The Labute approximate surface area is 130 Å². The fourth-order valence-electron chi connectivity index (χ4n) is 2.45. The summed E-state index contributed by atoms with van der Waals surface area (Å²) in [5.74, 6) is -2.18. The van der Waals surface area contributed by atoms with Crippen molar-refractivity contribution >= 4 is 17.9 Å². The zero-order valence-corrected chi connectivity index (χ0v) is 13.3. The van der Waals surface area contributed by atoms with Gasteiger partial charge in [0.05, 0.1) is 18.4 Å². The van der Waals surface area contributed by atoms with Gasteiger partial charge >= 0.3 is 17.9 Å². The number of esters is 3. The van der Waals surface area contributed by atoms with E-state index in [1.54, 1.807) is 13.8 Å². The van der Waals surface area contributed by atoms with Crippen LogP contribution in [0.25, 0.3) is 0 Å². The van der Waals surface area contributed by atoms with Gasteiger partial charge in [0.25, 0.3) is 0 Å². The molecule has 0 radical (unpaired) electrons. The number of ether oxygens (including phenoxy) is 3. The third-order valence-electron chi connectivity index (χ3n) is 3.57. The Morgan fingerprint density at radius 1 is 0.955 bits per heavy atom. The van der Waals surface area contributed by atoms with E-state index in [4.69, 9.17) is 14.2 Å².